The molecule has 0 spiro atoms. The first kappa shape index (κ1) is 12.6. The summed E-state index contributed by atoms with van der Waals surface area (Å²) < 4.78 is 24.6. The minimum atomic E-state index is -3.61. The molecule has 1 heterocycles. The van der Waals surface area contributed by atoms with E-state index in [-0.39, 0.29) is 10.8 Å². The highest BCUT2D eigenvalue weighted by atomic mass is 32.2. The van der Waals surface area contributed by atoms with Crippen molar-refractivity contribution in [3.8, 4) is 0 Å². The summed E-state index contributed by atoms with van der Waals surface area (Å²) >= 11 is 0. The summed E-state index contributed by atoms with van der Waals surface area (Å²) in [5, 5.41) is 11.2. The van der Waals surface area contributed by atoms with Crippen LogP contribution in [0.2, 0.25) is 0 Å². The lowest BCUT2D eigenvalue weighted by atomic mass is 10.2. The normalized spacial score (nSPS) is 11.4. The molecule has 0 radical (unpaired) electrons. The number of benzene rings is 1. The summed E-state index contributed by atoms with van der Waals surface area (Å²) in [6.07, 6.45) is 1.18. The second-order valence-corrected chi connectivity index (χ2v) is 6.05. The van der Waals surface area contributed by atoms with Gasteiger partial charge in [0.2, 0.25) is 9.84 Å². The van der Waals surface area contributed by atoms with Crippen LogP contribution in [0.3, 0.4) is 0 Å². The third-order valence-corrected chi connectivity index (χ3v) is 4.21. The van der Waals surface area contributed by atoms with Crippen LogP contribution in [0.15, 0.2) is 53.7 Å². The molecule has 94 valence electrons. The number of hydrogen-bond acceptors (Lipinski definition) is 3. The van der Waals surface area contributed by atoms with Gasteiger partial charge in [-0.1, -0.05) is 29.8 Å². The average molecular weight is 263 g/mol. The van der Waals surface area contributed by atoms with Gasteiger partial charge < -0.3 is 5.21 Å². The van der Waals surface area contributed by atoms with Gasteiger partial charge >= 0.3 is 5.03 Å². The van der Waals surface area contributed by atoms with Crippen molar-refractivity contribution < 1.29 is 13.1 Å². The predicted octanol–water partition coefficient (Wildman–Crippen LogP) is 1.60. The lowest BCUT2D eigenvalue weighted by Gasteiger charge is -2.05. The molecule has 0 amide bonds. The van der Waals surface area contributed by atoms with Crippen molar-refractivity contribution >= 4 is 9.84 Å². The Morgan fingerprint density at radius 3 is 2.61 bits per heavy atom. The zero-order valence-corrected chi connectivity index (χ0v) is 10.7. The molecule has 1 aromatic heterocycles. The Bertz CT molecular complexity index is 665. The number of hydrogen-bond donors (Lipinski definition) is 0. The smallest absolute Gasteiger partial charge is 0.308 e. The van der Waals surface area contributed by atoms with E-state index in [1.165, 1.54) is 24.4 Å². The Labute approximate surface area is 106 Å². The van der Waals surface area contributed by atoms with E-state index in [9.17, 15) is 13.6 Å². The van der Waals surface area contributed by atoms with Gasteiger partial charge in [-0.2, -0.15) is 4.73 Å². The van der Waals surface area contributed by atoms with Crippen LogP contribution in [0.25, 0.3) is 0 Å². The Morgan fingerprint density at radius 1 is 1.17 bits per heavy atom. The standard InChI is InChI=1S/C13H13NO3S/c1-11-5-4-6-12(9-11)10-18(16,17)13-7-2-3-8-14(13)15/h2-9H,10H2,1H3. The molecule has 0 atom stereocenters. The van der Waals surface area contributed by atoms with E-state index >= 15 is 0 Å². The van der Waals surface area contributed by atoms with Gasteiger partial charge in [0.05, 0.1) is 5.75 Å². The summed E-state index contributed by atoms with van der Waals surface area (Å²) in [5.74, 6) is -0.166. The zero-order valence-electron chi connectivity index (χ0n) is 9.91. The maximum absolute atomic E-state index is 12.1. The number of rotatable bonds is 3. The van der Waals surface area contributed by atoms with Gasteiger partial charge in [-0.15, -0.1) is 0 Å². The molecule has 0 saturated carbocycles. The van der Waals surface area contributed by atoms with Crippen LogP contribution in [0.1, 0.15) is 11.1 Å². The first-order valence-corrected chi connectivity index (χ1v) is 7.11. The van der Waals surface area contributed by atoms with E-state index < -0.39 is 9.84 Å². The van der Waals surface area contributed by atoms with Crippen LogP contribution in [-0.2, 0) is 15.6 Å². The predicted molar refractivity (Wildman–Crippen MR) is 67.5 cm³/mol. The number of pyridine rings is 1. The Balaban J connectivity index is 2.37. The summed E-state index contributed by atoms with van der Waals surface area (Å²) in [7, 11) is -3.61. The second-order valence-electron chi connectivity index (χ2n) is 4.11. The summed E-state index contributed by atoms with van der Waals surface area (Å²) in [6, 6.07) is 11.6. The molecule has 0 bridgehead atoms. The van der Waals surface area contributed by atoms with Crippen molar-refractivity contribution in [1.82, 2.24) is 0 Å². The molecule has 0 N–H and O–H groups in total. The maximum atomic E-state index is 12.1. The second kappa shape index (κ2) is 4.78. The summed E-state index contributed by atoms with van der Waals surface area (Å²) in [4.78, 5) is 0. The fourth-order valence-electron chi connectivity index (χ4n) is 1.75. The zero-order chi connectivity index (χ0) is 13.2. The lowest BCUT2D eigenvalue weighted by Crippen LogP contribution is -2.33. The minimum absolute atomic E-state index is 0.166. The van der Waals surface area contributed by atoms with E-state index in [1.54, 1.807) is 18.2 Å². The highest BCUT2D eigenvalue weighted by molar-refractivity contribution is 7.90. The molecule has 0 aliphatic heterocycles. The monoisotopic (exact) mass is 263 g/mol. The van der Waals surface area contributed by atoms with Crippen LogP contribution in [0.5, 0.6) is 0 Å². The molecule has 0 aliphatic rings. The summed E-state index contributed by atoms with van der Waals surface area (Å²) in [5.41, 5.74) is 1.67. The molecule has 2 rings (SSSR count). The lowest BCUT2D eigenvalue weighted by molar-refractivity contribution is -0.646. The van der Waals surface area contributed by atoms with Gasteiger partial charge in [0.1, 0.15) is 0 Å². The Hall–Kier alpha value is -1.88. The first-order valence-electron chi connectivity index (χ1n) is 5.45. The SMILES string of the molecule is Cc1cccc(CS(=O)(=O)c2cccc[n+]2[O-])c1. The highest BCUT2D eigenvalue weighted by Gasteiger charge is 2.23. The maximum Gasteiger partial charge on any atom is 0.308 e. The topological polar surface area (TPSA) is 61.1 Å². The van der Waals surface area contributed by atoms with Gasteiger partial charge in [-0.25, -0.2) is 8.42 Å². The largest absolute Gasteiger partial charge is 0.618 e. The number of sulfone groups is 1. The van der Waals surface area contributed by atoms with E-state index in [0.29, 0.717) is 10.3 Å². The van der Waals surface area contributed by atoms with Gasteiger partial charge in [-0.05, 0) is 18.6 Å². The fraction of sp³-hybridized carbons (Fsp3) is 0.154. The third-order valence-electron chi connectivity index (χ3n) is 2.55. The van der Waals surface area contributed by atoms with Crippen LogP contribution >= 0.6 is 0 Å². The molecular formula is C13H13NO3S. The average Bonchev–Trinajstić information content (AvgIpc) is 2.28. The van der Waals surface area contributed by atoms with Crippen LogP contribution < -0.4 is 4.73 Å². The minimum Gasteiger partial charge on any atom is -0.618 e. The molecular weight excluding hydrogens is 250 g/mol. The van der Waals surface area contributed by atoms with E-state index in [4.69, 9.17) is 0 Å². The fourth-order valence-corrected chi connectivity index (χ4v) is 3.14. The van der Waals surface area contributed by atoms with Crippen molar-refractivity contribution in [3.63, 3.8) is 0 Å². The van der Waals surface area contributed by atoms with Crippen molar-refractivity contribution in [1.29, 1.82) is 0 Å². The van der Waals surface area contributed by atoms with Crippen LogP contribution in [0.4, 0.5) is 0 Å². The van der Waals surface area contributed by atoms with Gasteiger partial charge in [0.25, 0.3) is 0 Å². The molecule has 0 aliphatic carbocycles. The van der Waals surface area contributed by atoms with Crippen LogP contribution in [0, 0.1) is 12.1 Å². The van der Waals surface area contributed by atoms with Crippen molar-refractivity contribution in [2.24, 2.45) is 0 Å². The molecule has 5 heteroatoms. The number of nitrogens with zero attached hydrogens (tertiary/aromatic N) is 1. The Kier molecular flexibility index (Phi) is 3.34. The molecule has 4 nitrogen and oxygen atoms in total. The Morgan fingerprint density at radius 2 is 1.94 bits per heavy atom. The van der Waals surface area contributed by atoms with Gasteiger partial charge in [-0.3, -0.25) is 0 Å². The first-order chi connectivity index (χ1) is 8.49. The quantitative estimate of drug-likeness (QED) is 0.624. The van der Waals surface area contributed by atoms with Gasteiger partial charge in [0.15, 0.2) is 6.20 Å². The van der Waals surface area contributed by atoms with E-state index in [2.05, 4.69) is 0 Å². The van der Waals surface area contributed by atoms with Crippen molar-refractivity contribution in [2.75, 3.05) is 0 Å². The van der Waals surface area contributed by atoms with Crippen molar-refractivity contribution in [3.05, 3.63) is 65.0 Å². The molecule has 1 aromatic carbocycles. The molecule has 0 unspecified atom stereocenters. The third kappa shape index (κ3) is 2.68. The van der Waals surface area contributed by atoms with Gasteiger partial charge in [0, 0.05) is 12.1 Å². The van der Waals surface area contributed by atoms with Crippen molar-refractivity contribution in [2.45, 2.75) is 17.7 Å². The van der Waals surface area contributed by atoms with Crippen LogP contribution in [-0.4, -0.2) is 8.42 Å². The number of aromatic nitrogens is 1. The highest BCUT2D eigenvalue weighted by Crippen LogP contribution is 2.13. The molecule has 0 saturated heterocycles. The number of aryl methyl sites for hydroxylation is 1. The molecule has 2 aromatic rings. The molecule has 18 heavy (non-hydrogen) atoms. The van der Waals surface area contributed by atoms with E-state index in [0.717, 1.165) is 5.56 Å². The molecule has 0 fully saturated rings. The van der Waals surface area contributed by atoms with E-state index in [1.807, 2.05) is 13.0 Å². The summed E-state index contributed by atoms with van der Waals surface area (Å²) in [6.45, 7) is 1.90.